The van der Waals surface area contributed by atoms with Crippen LogP contribution in [0.2, 0.25) is 0 Å². The quantitative estimate of drug-likeness (QED) is 0.463. The van der Waals surface area contributed by atoms with Crippen LogP contribution in [0.25, 0.3) is 11.1 Å². The number of rotatable bonds is 4. The van der Waals surface area contributed by atoms with Crippen molar-refractivity contribution >= 4 is 28.7 Å². The minimum atomic E-state index is -0.791. The van der Waals surface area contributed by atoms with Crippen molar-refractivity contribution in [2.75, 3.05) is 18.1 Å². The maximum absolute atomic E-state index is 13.3. The van der Waals surface area contributed by atoms with E-state index in [0.717, 1.165) is 11.1 Å². The van der Waals surface area contributed by atoms with Crippen LogP contribution in [0.1, 0.15) is 45.7 Å². The molecular weight excluding hydrogens is 344 g/mol. The molecule has 2 aliphatic heterocycles. The first-order valence-corrected chi connectivity index (χ1v) is 8.93. The number of hydrogen-bond acceptors (Lipinski definition) is 5. The predicted molar refractivity (Wildman–Crippen MR) is 102 cm³/mol. The first kappa shape index (κ1) is 18.7. The van der Waals surface area contributed by atoms with Crippen LogP contribution in [0.4, 0.5) is 5.69 Å². The van der Waals surface area contributed by atoms with Gasteiger partial charge in [-0.05, 0) is 52.3 Å². The van der Waals surface area contributed by atoms with E-state index in [9.17, 15) is 14.9 Å². The van der Waals surface area contributed by atoms with Crippen LogP contribution in [0.15, 0.2) is 23.8 Å². The summed E-state index contributed by atoms with van der Waals surface area (Å²) in [5.74, 6) is -0.577. The molecule has 0 saturated carbocycles. The van der Waals surface area contributed by atoms with E-state index in [1.54, 1.807) is 17.9 Å². The number of amides is 1. The van der Waals surface area contributed by atoms with Crippen molar-refractivity contribution < 1.29 is 19.1 Å². The minimum Gasteiger partial charge on any atom is -0.494 e. The molecule has 6 nitrogen and oxygen atoms in total. The second kappa shape index (κ2) is 6.58. The van der Waals surface area contributed by atoms with Gasteiger partial charge in [-0.2, -0.15) is 5.26 Å². The van der Waals surface area contributed by atoms with Crippen LogP contribution in [0.3, 0.4) is 0 Å². The van der Waals surface area contributed by atoms with Gasteiger partial charge < -0.3 is 9.47 Å². The monoisotopic (exact) mass is 366 g/mol. The second-order valence-electron chi connectivity index (χ2n) is 7.00. The fourth-order valence-electron chi connectivity index (χ4n) is 3.79. The fraction of sp³-hybridized carbons (Fsp3) is 0.381. The summed E-state index contributed by atoms with van der Waals surface area (Å²) < 4.78 is 10.7. The third-order valence-electron chi connectivity index (χ3n) is 4.72. The second-order valence-corrected chi connectivity index (χ2v) is 7.00. The smallest absolute Gasteiger partial charge is 0.349 e. The lowest BCUT2D eigenvalue weighted by Gasteiger charge is -2.38. The van der Waals surface area contributed by atoms with Gasteiger partial charge in [-0.25, -0.2) is 4.79 Å². The van der Waals surface area contributed by atoms with Gasteiger partial charge in [0.05, 0.1) is 30.0 Å². The number of nitriles is 1. The molecule has 0 aromatic heterocycles. The lowest BCUT2D eigenvalue weighted by Crippen LogP contribution is -2.46. The van der Waals surface area contributed by atoms with Crippen LogP contribution in [-0.4, -0.2) is 30.6 Å². The Balaban J connectivity index is 2.37. The average Bonchev–Trinajstić information content (AvgIpc) is 2.88. The van der Waals surface area contributed by atoms with Gasteiger partial charge in [0, 0.05) is 11.1 Å². The Kier molecular flexibility index (Phi) is 4.56. The van der Waals surface area contributed by atoms with Crippen molar-refractivity contribution in [1.82, 2.24) is 0 Å². The van der Waals surface area contributed by atoms with Crippen LogP contribution in [0.5, 0.6) is 5.75 Å². The highest BCUT2D eigenvalue weighted by Gasteiger charge is 2.46. The maximum Gasteiger partial charge on any atom is 0.349 e. The molecule has 3 rings (SSSR count). The Morgan fingerprint density at radius 2 is 1.89 bits per heavy atom. The number of nitrogens with zero attached hydrogens (tertiary/aromatic N) is 2. The number of esters is 1. The van der Waals surface area contributed by atoms with E-state index >= 15 is 0 Å². The number of anilines is 1. The molecule has 0 saturated heterocycles. The molecule has 0 radical (unpaired) electrons. The third kappa shape index (κ3) is 2.80. The van der Waals surface area contributed by atoms with Crippen LogP contribution < -0.4 is 9.64 Å². The van der Waals surface area contributed by atoms with Gasteiger partial charge in [0.25, 0.3) is 5.91 Å². The summed E-state index contributed by atoms with van der Waals surface area (Å²) in [5, 5.41) is 9.60. The summed E-state index contributed by atoms with van der Waals surface area (Å²) >= 11 is 0. The predicted octanol–water partition coefficient (Wildman–Crippen LogP) is 3.47. The molecule has 0 atom stereocenters. The van der Waals surface area contributed by atoms with Crippen molar-refractivity contribution in [2.45, 2.75) is 40.2 Å². The molecule has 1 aromatic rings. The van der Waals surface area contributed by atoms with Crippen molar-refractivity contribution in [3.8, 4) is 11.8 Å². The summed E-state index contributed by atoms with van der Waals surface area (Å²) in [5.41, 5.74) is 2.32. The molecule has 6 heteroatoms. The van der Waals surface area contributed by atoms with Crippen molar-refractivity contribution in [1.29, 1.82) is 5.26 Å². The molecule has 0 aliphatic carbocycles. The van der Waals surface area contributed by atoms with Gasteiger partial charge in [-0.1, -0.05) is 6.08 Å². The van der Waals surface area contributed by atoms with Crippen molar-refractivity contribution in [3.05, 3.63) is 34.9 Å². The highest BCUT2D eigenvalue weighted by Crippen LogP contribution is 2.51. The van der Waals surface area contributed by atoms with Gasteiger partial charge in [-0.3, -0.25) is 9.69 Å². The summed E-state index contributed by atoms with van der Waals surface area (Å²) in [7, 11) is 0. The van der Waals surface area contributed by atoms with Crippen molar-refractivity contribution in [2.24, 2.45) is 0 Å². The molecule has 0 fully saturated rings. The van der Waals surface area contributed by atoms with E-state index in [4.69, 9.17) is 9.47 Å². The van der Waals surface area contributed by atoms with E-state index in [1.807, 2.05) is 45.9 Å². The minimum absolute atomic E-state index is 0.0740. The Bertz CT molecular complexity index is 948. The van der Waals surface area contributed by atoms with Gasteiger partial charge in [0.2, 0.25) is 0 Å². The lowest BCUT2D eigenvalue weighted by molar-refractivity contribution is -0.138. The molecule has 0 N–H and O–H groups in total. The number of allylic oxidation sites excluding steroid dienone is 1. The topological polar surface area (TPSA) is 79.6 Å². The number of ether oxygens (including phenoxy) is 2. The van der Waals surface area contributed by atoms with E-state index < -0.39 is 11.5 Å². The number of hydrogen-bond donors (Lipinski definition) is 0. The van der Waals surface area contributed by atoms with E-state index in [1.165, 1.54) is 0 Å². The first-order chi connectivity index (χ1) is 12.8. The summed E-state index contributed by atoms with van der Waals surface area (Å²) in [4.78, 5) is 27.3. The van der Waals surface area contributed by atoms with Gasteiger partial charge in [0.15, 0.2) is 5.57 Å². The van der Waals surface area contributed by atoms with E-state index in [2.05, 4.69) is 0 Å². The Hall–Kier alpha value is -3.07. The van der Waals surface area contributed by atoms with Gasteiger partial charge >= 0.3 is 5.97 Å². The number of carbonyl (C=O) groups is 2. The summed E-state index contributed by atoms with van der Waals surface area (Å²) in [6, 6.07) is 5.49. The SMILES string of the molecule is CCOC(=O)C(C#N)=C1C(=O)N2c3c(cc(OCC)cc31)C(C)=CC2(C)C. The zero-order chi connectivity index (χ0) is 19.9. The third-order valence-corrected chi connectivity index (χ3v) is 4.72. The highest BCUT2D eigenvalue weighted by molar-refractivity contribution is 6.38. The Labute approximate surface area is 158 Å². The summed E-state index contributed by atoms with van der Waals surface area (Å²) in [6.07, 6.45) is 2.01. The van der Waals surface area contributed by atoms with E-state index in [-0.39, 0.29) is 23.7 Å². The number of carbonyl (C=O) groups excluding carboxylic acids is 2. The average molecular weight is 366 g/mol. The standard InChI is InChI=1S/C21H22N2O4/c1-6-26-13-8-14-12(3)10-21(4,5)23-18(14)15(9-13)17(19(23)24)16(11-22)20(25)27-7-2/h8-10H,6-7H2,1-5H3. The largest absolute Gasteiger partial charge is 0.494 e. The molecule has 0 spiro atoms. The highest BCUT2D eigenvalue weighted by atomic mass is 16.5. The molecule has 140 valence electrons. The molecule has 0 bridgehead atoms. The fourth-order valence-corrected chi connectivity index (χ4v) is 3.79. The van der Waals surface area contributed by atoms with E-state index in [0.29, 0.717) is 23.6 Å². The van der Waals surface area contributed by atoms with Gasteiger partial charge in [0.1, 0.15) is 11.8 Å². The Morgan fingerprint density at radius 3 is 2.48 bits per heavy atom. The summed E-state index contributed by atoms with van der Waals surface area (Å²) in [6.45, 7) is 9.95. The first-order valence-electron chi connectivity index (χ1n) is 8.93. The molecule has 0 unspecified atom stereocenters. The number of benzene rings is 1. The molecule has 2 heterocycles. The van der Waals surface area contributed by atoms with Gasteiger partial charge in [-0.15, -0.1) is 0 Å². The van der Waals surface area contributed by atoms with Crippen molar-refractivity contribution in [3.63, 3.8) is 0 Å². The molecule has 1 aromatic carbocycles. The molecule has 27 heavy (non-hydrogen) atoms. The Morgan fingerprint density at radius 1 is 1.22 bits per heavy atom. The lowest BCUT2D eigenvalue weighted by atomic mass is 9.88. The normalized spacial score (nSPS) is 18.4. The molecule has 1 amide bonds. The molecule has 2 aliphatic rings. The zero-order valence-electron chi connectivity index (χ0n) is 16.2. The maximum atomic E-state index is 13.3. The van der Waals surface area contributed by atoms with Crippen LogP contribution in [-0.2, 0) is 14.3 Å². The van der Waals surface area contributed by atoms with Crippen LogP contribution in [0, 0.1) is 11.3 Å². The molecular formula is C21H22N2O4. The van der Waals surface area contributed by atoms with Crippen LogP contribution >= 0.6 is 0 Å². The zero-order valence-corrected chi connectivity index (χ0v) is 16.2.